The molecule has 1 aromatic rings. The molecule has 0 bridgehead atoms. The van der Waals surface area contributed by atoms with E-state index in [2.05, 4.69) is 0 Å². The van der Waals surface area contributed by atoms with Crippen LogP contribution in [-0.2, 0) is 9.53 Å². The van der Waals surface area contributed by atoms with Crippen molar-refractivity contribution < 1.29 is 14.3 Å². The molecule has 0 saturated carbocycles. The van der Waals surface area contributed by atoms with Crippen LogP contribution in [0, 0.1) is 5.41 Å². The maximum absolute atomic E-state index is 12.4. The number of carbonyl (C=O) groups is 2. The zero-order valence-electron chi connectivity index (χ0n) is 12.2. The van der Waals surface area contributed by atoms with Crippen LogP contribution in [0.25, 0.3) is 0 Å². The van der Waals surface area contributed by atoms with E-state index in [1.807, 2.05) is 31.1 Å². The van der Waals surface area contributed by atoms with Gasteiger partial charge in [-0.25, -0.2) is 0 Å². The average molecular weight is 263 g/mol. The Labute approximate surface area is 114 Å². The van der Waals surface area contributed by atoms with E-state index in [1.54, 1.807) is 32.9 Å². The molecule has 0 fully saturated rings. The topological polar surface area (TPSA) is 46.6 Å². The van der Waals surface area contributed by atoms with E-state index < -0.39 is 11.4 Å². The molecule has 104 valence electrons. The molecule has 19 heavy (non-hydrogen) atoms. The van der Waals surface area contributed by atoms with Crippen LogP contribution in [0.3, 0.4) is 0 Å². The number of nitrogens with zero attached hydrogens (tertiary/aromatic N) is 1. The van der Waals surface area contributed by atoms with E-state index in [1.165, 1.54) is 0 Å². The van der Waals surface area contributed by atoms with E-state index >= 15 is 0 Å². The molecule has 0 aliphatic heterocycles. The highest BCUT2D eigenvalue weighted by Crippen LogP contribution is 2.25. The molecule has 4 nitrogen and oxygen atoms in total. The quantitative estimate of drug-likeness (QED) is 0.465. The Kier molecular flexibility index (Phi) is 4.70. The molecule has 1 rings (SSSR count). The number of rotatable bonds is 5. The summed E-state index contributed by atoms with van der Waals surface area (Å²) in [5.74, 6) is -0.718. The van der Waals surface area contributed by atoms with Crippen molar-refractivity contribution in [1.82, 2.24) is 0 Å². The van der Waals surface area contributed by atoms with Crippen LogP contribution in [0.2, 0.25) is 0 Å². The highest BCUT2D eigenvalue weighted by Gasteiger charge is 2.38. The lowest BCUT2D eigenvalue weighted by atomic mass is 9.84. The molecule has 0 unspecified atom stereocenters. The molecule has 0 N–H and O–H groups in total. The van der Waals surface area contributed by atoms with Gasteiger partial charge in [-0.2, -0.15) is 0 Å². The van der Waals surface area contributed by atoms with E-state index in [4.69, 9.17) is 4.74 Å². The van der Waals surface area contributed by atoms with E-state index in [0.29, 0.717) is 5.56 Å². The molecule has 0 spiro atoms. The molecule has 0 heterocycles. The lowest BCUT2D eigenvalue weighted by Gasteiger charge is -2.21. The SMILES string of the molecule is CCOC(=O)C(C)(C)C(=O)c1cccc(N(C)C)c1. The number of esters is 1. The molecule has 0 atom stereocenters. The first kappa shape index (κ1) is 15.2. The van der Waals surface area contributed by atoms with Gasteiger partial charge in [-0.05, 0) is 32.9 Å². The van der Waals surface area contributed by atoms with Crippen molar-refractivity contribution in [3.8, 4) is 0 Å². The van der Waals surface area contributed by atoms with Crippen molar-refractivity contribution in [3.63, 3.8) is 0 Å². The molecule has 0 aliphatic rings. The van der Waals surface area contributed by atoms with Crippen molar-refractivity contribution in [2.45, 2.75) is 20.8 Å². The Morgan fingerprint density at radius 1 is 1.26 bits per heavy atom. The van der Waals surface area contributed by atoms with Crippen LogP contribution in [0.15, 0.2) is 24.3 Å². The molecule has 1 aromatic carbocycles. The molecule has 0 saturated heterocycles. The number of ether oxygens (including phenoxy) is 1. The fourth-order valence-electron chi connectivity index (χ4n) is 1.69. The van der Waals surface area contributed by atoms with Gasteiger partial charge in [-0.15, -0.1) is 0 Å². The minimum atomic E-state index is -1.17. The third-order valence-electron chi connectivity index (χ3n) is 2.98. The minimum Gasteiger partial charge on any atom is -0.465 e. The highest BCUT2D eigenvalue weighted by molar-refractivity contribution is 6.12. The largest absolute Gasteiger partial charge is 0.465 e. The van der Waals surface area contributed by atoms with Crippen molar-refractivity contribution in [2.75, 3.05) is 25.6 Å². The number of benzene rings is 1. The zero-order chi connectivity index (χ0) is 14.6. The number of hydrogen-bond donors (Lipinski definition) is 0. The van der Waals surface area contributed by atoms with Crippen molar-refractivity contribution in [1.29, 1.82) is 0 Å². The summed E-state index contributed by atoms with van der Waals surface area (Å²) in [6.07, 6.45) is 0. The Hall–Kier alpha value is -1.84. The second-order valence-corrected chi connectivity index (χ2v) is 5.12. The predicted octanol–water partition coefficient (Wildman–Crippen LogP) is 2.52. The Bertz CT molecular complexity index is 478. The lowest BCUT2D eigenvalue weighted by molar-refractivity contribution is -0.150. The summed E-state index contributed by atoms with van der Waals surface area (Å²) in [6, 6.07) is 7.22. The van der Waals surface area contributed by atoms with Gasteiger partial charge < -0.3 is 9.64 Å². The second-order valence-electron chi connectivity index (χ2n) is 5.12. The van der Waals surface area contributed by atoms with Gasteiger partial charge in [-0.3, -0.25) is 9.59 Å². The van der Waals surface area contributed by atoms with Crippen LogP contribution < -0.4 is 4.90 Å². The molecular weight excluding hydrogens is 242 g/mol. The molecule has 0 aliphatic carbocycles. The van der Waals surface area contributed by atoms with Gasteiger partial charge in [0.15, 0.2) is 5.78 Å². The average Bonchev–Trinajstić information content (AvgIpc) is 2.38. The number of ketones is 1. The lowest BCUT2D eigenvalue weighted by Crippen LogP contribution is -2.35. The van der Waals surface area contributed by atoms with Gasteiger partial charge in [0.05, 0.1) is 6.61 Å². The third kappa shape index (κ3) is 3.34. The van der Waals surface area contributed by atoms with Gasteiger partial charge in [-0.1, -0.05) is 12.1 Å². The maximum atomic E-state index is 12.4. The fourth-order valence-corrected chi connectivity index (χ4v) is 1.69. The first-order valence-corrected chi connectivity index (χ1v) is 6.30. The molecule has 0 radical (unpaired) electrons. The summed E-state index contributed by atoms with van der Waals surface area (Å²) in [6.45, 7) is 5.18. The van der Waals surface area contributed by atoms with Gasteiger partial charge >= 0.3 is 5.97 Å². The van der Waals surface area contributed by atoms with Crippen LogP contribution in [-0.4, -0.2) is 32.5 Å². The molecule has 4 heteroatoms. The van der Waals surface area contributed by atoms with Crippen molar-refractivity contribution >= 4 is 17.4 Å². The van der Waals surface area contributed by atoms with Crippen LogP contribution in [0.4, 0.5) is 5.69 Å². The highest BCUT2D eigenvalue weighted by atomic mass is 16.5. The Morgan fingerprint density at radius 3 is 2.42 bits per heavy atom. The number of anilines is 1. The summed E-state index contributed by atoms with van der Waals surface area (Å²) in [5, 5.41) is 0. The monoisotopic (exact) mass is 263 g/mol. The number of carbonyl (C=O) groups excluding carboxylic acids is 2. The van der Waals surface area contributed by atoms with Gasteiger partial charge in [0.1, 0.15) is 5.41 Å². The zero-order valence-corrected chi connectivity index (χ0v) is 12.2. The number of hydrogen-bond acceptors (Lipinski definition) is 4. The molecular formula is C15H21NO3. The van der Waals surface area contributed by atoms with Crippen LogP contribution >= 0.6 is 0 Å². The summed E-state index contributed by atoms with van der Waals surface area (Å²) in [4.78, 5) is 26.2. The Balaban J connectivity index is 3.05. The normalized spacial score (nSPS) is 11.0. The second kappa shape index (κ2) is 5.87. The van der Waals surface area contributed by atoms with E-state index in [-0.39, 0.29) is 12.4 Å². The summed E-state index contributed by atoms with van der Waals surface area (Å²) < 4.78 is 4.96. The summed E-state index contributed by atoms with van der Waals surface area (Å²) >= 11 is 0. The van der Waals surface area contributed by atoms with Gasteiger partial charge in [0.25, 0.3) is 0 Å². The summed E-state index contributed by atoms with van der Waals surface area (Å²) in [5.41, 5.74) is 0.274. The smallest absolute Gasteiger partial charge is 0.319 e. The number of Topliss-reactive ketones (excluding diaryl/α,β-unsaturated/α-hetero) is 1. The third-order valence-corrected chi connectivity index (χ3v) is 2.98. The minimum absolute atomic E-state index is 0.227. The predicted molar refractivity (Wildman–Crippen MR) is 75.5 cm³/mol. The first-order valence-electron chi connectivity index (χ1n) is 6.30. The van der Waals surface area contributed by atoms with Gasteiger partial charge in [0, 0.05) is 25.3 Å². The Morgan fingerprint density at radius 2 is 1.89 bits per heavy atom. The van der Waals surface area contributed by atoms with Crippen LogP contribution in [0.5, 0.6) is 0 Å². The standard InChI is InChI=1S/C15H21NO3/c1-6-19-14(18)15(2,3)13(17)11-8-7-9-12(10-11)16(4)5/h7-10H,6H2,1-5H3. The summed E-state index contributed by atoms with van der Waals surface area (Å²) in [7, 11) is 3.81. The van der Waals surface area contributed by atoms with E-state index in [9.17, 15) is 9.59 Å². The molecule has 0 amide bonds. The fraction of sp³-hybridized carbons (Fsp3) is 0.467. The molecule has 0 aromatic heterocycles. The maximum Gasteiger partial charge on any atom is 0.319 e. The van der Waals surface area contributed by atoms with Gasteiger partial charge in [0.2, 0.25) is 0 Å². The first-order chi connectivity index (χ1) is 8.80. The van der Waals surface area contributed by atoms with Crippen molar-refractivity contribution in [2.24, 2.45) is 5.41 Å². The van der Waals surface area contributed by atoms with E-state index in [0.717, 1.165) is 5.69 Å². The van der Waals surface area contributed by atoms with Crippen molar-refractivity contribution in [3.05, 3.63) is 29.8 Å². The van der Waals surface area contributed by atoms with Crippen LogP contribution in [0.1, 0.15) is 31.1 Å².